The van der Waals surface area contributed by atoms with Gasteiger partial charge >= 0.3 is 0 Å². The summed E-state index contributed by atoms with van der Waals surface area (Å²) < 4.78 is 16.1. The second-order valence-corrected chi connectivity index (χ2v) is 4.13. The number of benzene rings is 1. The molecule has 0 saturated heterocycles. The SMILES string of the molecule is COCOc1cccc2c1C1CC1CO2. The molecular formula is C12H14O3. The van der Waals surface area contributed by atoms with Gasteiger partial charge in [-0.25, -0.2) is 0 Å². The highest BCUT2D eigenvalue weighted by atomic mass is 16.7. The zero-order chi connectivity index (χ0) is 10.3. The van der Waals surface area contributed by atoms with Gasteiger partial charge in [0.25, 0.3) is 0 Å². The van der Waals surface area contributed by atoms with Gasteiger partial charge in [0.05, 0.1) is 6.61 Å². The van der Waals surface area contributed by atoms with Crippen LogP contribution in [0.2, 0.25) is 0 Å². The summed E-state index contributed by atoms with van der Waals surface area (Å²) in [4.78, 5) is 0. The van der Waals surface area contributed by atoms with Gasteiger partial charge in [-0.3, -0.25) is 0 Å². The molecule has 0 N–H and O–H groups in total. The first-order valence-electron chi connectivity index (χ1n) is 5.27. The molecule has 2 aliphatic rings. The van der Waals surface area contributed by atoms with Crippen LogP contribution in [0.25, 0.3) is 0 Å². The van der Waals surface area contributed by atoms with Crippen molar-refractivity contribution in [3.05, 3.63) is 23.8 Å². The van der Waals surface area contributed by atoms with Crippen LogP contribution >= 0.6 is 0 Å². The fourth-order valence-electron chi connectivity index (χ4n) is 2.25. The molecule has 2 unspecified atom stereocenters. The number of hydrogen-bond donors (Lipinski definition) is 0. The van der Waals surface area contributed by atoms with Crippen molar-refractivity contribution in [1.82, 2.24) is 0 Å². The van der Waals surface area contributed by atoms with Gasteiger partial charge in [0.2, 0.25) is 0 Å². The van der Waals surface area contributed by atoms with Crippen molar-refractivity contribution >= 4 is 0 Å². The Morgan fingerprint density at radius 1 is 1.47 bits per heavy atom. The molecule has 0 amide bonds. The number of methoxy groups -OCH3 is 1. The summed E-state index contributed by atoms with van der Waals surface area (Å²) >= 11 is 0. The van der Waals surface area contributed by atoms with E-state index in [1.807, 2.05) is 18.2 Å². The van der Waals surface area contributed by atoms with Crippen LogP contribution in [-0.2, 0) is 4.74 Å². The Hall–Kier alpha value is -1.22. The molecular weight excluding hydrogens is 192 g/mol. The van der Waals surface area contributed by atoms with Gasteiger partial charge in [-0.2, -0.15) is 0 Å². The quantitative estimate of drug-likeness (QED) is 0.709. The molecule has 0 radical (unpaired) electrons. The summed E-state index contributed by atoms with van der Waals surface area (Å²) in [5.74, 6) is 3.27. The van der Waals surface area contributed by atoms with Crippen molar-refractivity contribution in [1.29, 1.82) is 0 Å². The minimum atomic E-state index is 0.299. The number of hydrogen-bond acceptors (Lipinski definition) is 3. The molecule has 1 aliphatic carbocycles. The molecule has 0 aromatic heterocycles. The van der Waals surface area contributed by atoms with E-state index in [0.29, 0.717) is 18.6 Å². The second kappa shape index (κ2) is 3.42. The minimum Gasteiger partial charge on any atom is -0.493 e. The summed E-state index contributed by atoms with van der Waals surface area (Å²) in [7, 11) is 1.63. The van der Waals surface area contributed by atoms with Gasteiger partial charge in [0.1, 0.15) is 11.5 Å². The lowest BCUT2D eigenvalue weighted by Gasteiger charge is -2.19. The Bertz CT molecular complexity index is 375. The highest BCUT2D eigenvalue weighted by Crippen LogP contribution is 2.56. The zero-order valence-electron chi connectivity index (χ0n) is 8.73. The predicted molar refractivity (Wildman–Crippen MR) is 55.3 cm³/mol. The third kappa shape index (κ3) is 1.47. The molecule has 1 fully saturated rings. The van der Waals surface area contributed by atoms with E-state index >= 15 is 0 Å². The lowest BCUT2D eigenvalue weighted by molar-refractivity contribution is 0.0499. The van der Waals surface area contributed by atoms with Crippen LogP contribution in [0.5, 0.6) is 11.5 Å². The summed E-state index contributed by atoms with van der Waals surface area (Å²) in [5, 5.41) is 0. The Labute approximate surface area is 89.0 Å². The van der Waals surface area contributed by atoms with Crippen LogP contribution in [-0.4, -0.2) is 20.5 Å². The van der Waals surface area contributed by atoms with Crippen LogP contribution in [0.15, 0.2) is 18.2 Å². The van der Waals surface area contributed by atoms with E-state index in [-0.39, 0.29) is 0 Å². The van der Waals surface area contributed by atoms with E-state index in [1.54, 1.807) is 7.11 Å². The van der Waals surface area contributed by atoms with E-state index < -0.39 is 0 Å². The first-order valence-corrected chi connectivity index (χ1v) is 5.27. The van der Waals surface area contributed by atoms with Crippen LogP contribution < -0.4 is 9.47 Å². The summed E-state index contributed by atoms with van der Waals surface area (Å²) in [6, 6.07) is 5.97. The van der Waals surface area contributed by atoms with Crippen molar-refractivity contribution in [3.8, 4) is 11.5 Å². The molecule has 80 valence electrons. The van der Waals surface area contributed by atoms with Crippen molar-refractivity contribution < 1.29 is 14.2 Å². The lowest BCUT2D eigenvalue weighted by Crippen LogP contribution is -2.10. The molecule has 3 rings (SSSR count). The number of fused-ring (bicyclic) bond motifs is 3. The minimum absolute atomic E-state index is 0.299. The lowest BCUT2D eigenvalue weighted by atomic mass is 10.0. The third-order valence-electron chi connectivity index (χ3n) is 3.10. The first kappa shape index (κ1) is 9.04. The van der Waals surface area contributed by atoms with Gasteiger partial charge in [-0.15, -0.1) is 0 Å². The van der Waals surface area contributed by atoms with Crippen LogP contribution in [0.1, 0.15) is 17.9 Å². The summed E-state index contributed by atoms with van der Waals surface area (Å²) in [6.07, 6.45) is 1.24. The maximum Gasteiger partial charge on any atom is 0.188 e. The van der Waals surface area contributed by atoms with E-state index in [1.165, 1.54) is 12.0 Å². The maximum atomic E-state index is 5.68. The van der Waals surface area contributed by atoms with E-state index in [0.717, 1.165) is 18.1 Å². The predicted octanol–water partition coefficient (Wildman–Crippen LogP) is 2.17. The molecule has 1 aliphatic heterocycles. The third-order valence-corrected chi connectivity index (χ3v) is 3.10. The summed E-state index contributed by atoms with van der Waals surface area (Å²) in [6.45, 7) is 1.17. The van der Waals surface area contributed by atoms with Gasteiger partial charge < -0.3 is 14.2 Å². The van der Waals surface area contributed by atoms with Crippen LogP contribution in [0, 0.1) is 5.92 Å². The molecule has 15 heavy (non-hydrogen) atoms. The Balaban J connectivity index is 1.93. The highest BCUT2D eigenvalue weighted by Gasteiger charge is 2.45. The molecule has 2 atom stereocenters. The molecule has 3 nitrogen and oxygen atoms in total. The molecule has 0 bridgehead atoms. The highest BCUT2D eigenvalue weighted by molar-refractivity contribution is 5.51. The molecule has 1 aromatic carbocycles. The van der Waals surface area contributed by atoms with Crippen LogP contribution in [0.3, 0.4) is 0 Å². The van der Waals surface area contributed by atoms with Gasteiger partial charge in [-0.1, -0.05) is 6.07 Å². The normalized spacial score (nSPS) is 26.2. The number of ether oxygens (including phenoxy) is 3. The Kier molecular flexibility index (Phi) is 2.06. The largest absolute Gasteiger partial charge is 0.493 e. The van der Waals surface area contributed by atoms with Crippen molar-refractivity contribution in [2.75, 3.05) is 20.5 Å². The van der Waals surface area contributed by atoms with Gasteiger partial charge in [0, 0.05) is 18.6 Å². The average Bonchev–Trinajstić information content (AvgIpc) is 3.05. The fraction of sp³-hybridized carbons (Fsp3) is 0.500. The van der Waals surface area contributed by atoms with Crippen molar-refractivity contribution in [3.63, 3.8) is 0 Å². The topological polar surface area (TPSA) is 27.7 Å². The fourth-order valence-corrected chi connectivity index (χ4v) is 2.25. The first-order chi connectivity index (χ1) is 7.40. The Morgan fingerprint density at radius 2 is 2.40 bits per heavy atom. The maximum absolute atomic E-state index is 5.68. The second-order valence-electron chi connectivity index (χ2n) is 4.13. The zero-order valence-corrected chi connectivity index (χ0v) is 8.73. The van der Waals surface area contributed by atoms with Crippen LogP contribution in [0.4, 0.5) is 0 Å². The molecule has 1 aromatic rings. The molecule has 0 spiro atoms. The smallest absolute Gasteiger partial charge is 0.188 e. The molecule has 3 heteroatoms. The van der Waals surface area contributed by atoms with E-state index in [4.69, 9.17) is 14.2 Å². The average molecular weight is 206 g/mol. The van der Waals surface area contributed by atoms with Gasteiger partial charge in [-0.05, 0) is 24.5 Å². The molecule has 1 saturated carbocycles. The van der Waals surface area contributed by atoms with Crippen molar-refractivity contribution in [2.24, 2.45) is 5.92 Å². The van der Waals surface area contributed by atoms with E-state index in [9.17, 15) is 0 Å². The molecule has 1 heterocycles. The monoisotopic (exact) mass is 206 g/mol. The van der Waals surface area contributed by atoms with Crippen molar-refractivity contribution in [2.45, 2.75) is 12.3 Å². The standard InChI is InChI=1S/C12H14O3/c1-13-7-15-11-4-2-3-10-12(11)9-5-8(9)6-14-10/h2-4,8-9H,5-7H2,1H3. The van der Waals surface area contributed by atoms with Gasteiger partial charge in [0.15, 0.2) is 6.79 Å². The summed E-state index contributed by atoms with van der Waals surface area (Å²) in [5.41, 5.74) is 1.24. The Morgan fingerprint density at radius 3 is 3.27 bits per heavy atom. The van der Waals surface area contributed by atoms with E-state index in [2.05, 4.69) is 0 Å². The number of rotatable bonds is 3.